The first-order chi connectivity index (χ1) is 16.4. The summed E-state index contributed by atoms with van der Waals surface area (Å²) in [6.07, 6.45) is 1.15. The quantitative estimate of drug-likeness (QED) is 0.512. The molecule has 3 aromatic rings. The van der Waals surface area contributed by atoms with Crippen molar-refractivity contribution in [1.29, 1.82) is 0 Å². The molecule has 0 aliphatic carbocycles. The summed E-state index contributed by atoms with van der Waals surface area (Å²) in [7, 11) is 0. The Morgan fingerprint density at radius 2 is 1.76 bits per heavy atom. The lowest BCUT2D eigenvalue weighted by atomic mass is 10.1. The number of amides is 2. The van der Waals surface area contributed by atoms with Gasteiger partial charge in [-0.3, -0.25) is 9.59 Å². The topological polar surface area (TPSA) is 67.9 Å². The van der Waals surface area contributed by atoms with Gasteiger partial charge in [0.25, 0.3) is 11.8 Å². The standard InChI is InChI=1S/C28H30N2O4/c1-19-9-7-10-20(2)27(19)33-18-26(31)29-23-14-15-25-24(17-23)30(28(32)21(3)34-25)16-8-13-22-11-5-4-6-12-22/h4-7,9-12,14-15,17,21H,8,13,16,18H2,1-3H3,(H,29,31). The Morgan fingerprint density at radius 1 is 1.03 bits per heavy atom. The van der Waals surface area contributed by atoms with Crippen LogP contribution in [-0.2, 0) is 16.0 Å². The van der Waals surface area contributed by atoms with Crippen LogP contribution in [0, 0.1) is 13.8 Å². The Labute approximate surface area is 200 Å². The number of carbonyl (C=O) groups excluding carboxylic acids is 2. The maximum Gasteiger partial charge on any atom is 0.267 e. The predicted octanol–water partition coefficient (Wildman–Crippen LogP) is 5.07. The summed E-state index contributed by atoms with van der Waals surface area (Å²) >= 11 is 0. The zero-order chi connectivity index (χ0) is 24.1. The number of hydrogen-bond donors (Lipinski definition) is 1. The van der Waals surface area contributed by atoms with Gasteiger partial charge in [0.1, 0.15) is 11.5 Å². The van der Waals surface area contributed by atoms with E-state index >= 15 is 0 Å². The predicted molar refractivity (Wildman–Crippen MR) is 134 cm³/mol. The van der Waals surface area contributed by atoms with Crippen LogP contribution in [0.1, 0.15) is 30.0 Å². The highest BCUT2D eigenvalue weighted by atomic mass is 16.5. The van der Waals surface area contributed by atoms with Crippen molar-refractivity contribution in [2.45, 2.75) is 39.7 Å². The molecule has 0 saturated heterocycles. The van der Waals surface area contributed by atoms with Crippen LogP contribution in [0.3, 0.4) is 0 Å². The molecular formula is C28H30N2O4. The molecule has 176 valence electrons. The second-order valence-corrected chi connectivity index (χ2v) is 8.58. The lowest BCUT2D eigenvalue weighted by Gasteiger charge is -2.33. The lowest BCUT2D eigenvalue weighted by molar-refractivity contribution is -0.125. The van der Waals surface area contributed by atoms with Gasteiger partial charge in [-0.2, -0.15) is 0 Å². The van der Waals surface area contributed by atoms with E-state index in [9.17, 15) is 9.59 Å². The van der Waals surface area contributed by atoms with E-state index in [1.54, 1.807) is 30.0 Å². The summed E-state index contributed by atoms with van der Waals surface area (Å²) in [5.41, 5.74) is 4.47. The summed E-state index contributed by atoms with van der Waals surface area (Å²) in [5, 5.41) is 2.87. The van der Waals surface area contributed by atoms with Crippen molar-refractivity contribution in [1.82, 2.24) is 0 Å². The molecule has 6 heteroatoms. The Balaban J connectivity index is 1.43. The lowest BCUT2D eigenvalue weighted by Crippen LogP contribution is -2.45. The average Bonchev–Trinajstić information content (AvgIpc) is 2.82. The summed E-state index contributed by atoms with van der Waals surface area (Å²) in [6, 6.07) is 21.4. The first-order valence-electron chi connectivity index (χ1n) is 11.6. The molecule has 1 N–H and O–H groups in total. The van der Waals surface area contributed by atoms with E-state index in [4.69, 9.17) is 9.47 Å². The first-order valence-corrected chi connectivity index (χ1v) is 11.6. The van der Waals surface area contributed by atoms with Crippen molar-refractivity contribution in [3.8, 4) is 11.5 Å². The molecule has 4 rings (SSSR count). The SMILES string of the molecule is Cc1cccc(C)c1OCC(=O)Nc1ccc2c(c1)N(CCCc1ccccc1)C(=O)C(C)O2. The number of ether oxygens (including phenoxy) is 2. The molecule has 0 aromatic heterocycles. The zero-order valence-corrected chi connectivity index (χ0v) is 19.8. The average molecular weight is 459 g/mol. The fourth-order valence-corrected chi connectivity index (χ4v) is 4.16. The van der Waals surface area contributed by atoms with Crippen LogP contribution >= 0.6 is 0 Å². The number of nitrogens with zero attached hydrogens (tertiary/aromatic N) is 1. The van der Waals surface area contributed by atoms with Gasteiger partial charge >= 0.3 is 0 Å². The Morgan fingerprint density at radius 3 is 2.50 bits per heavy atom. The molecule has 1 aliphatic heterocycles. The number of para-hydroxylation sites is 1. The molecule has 0 fully saturated rings. The number of benzene rings is 3. The van der Waals surface area contributed by atoms with Gasteiger partial charge in [0.05, 0.1) is 5.69 Å². The minimum atomic E-state index is -0.546. The number of rotatable bonds is 8. The van der Waals surface area contributed by atoms with Crippen molar-refractivity contribution >= 4 is 23.2 Å². The second-order valence-electron chi connectivity index (χ2n) is 8.58. The van der Waals surface area contributed by atoms with Gasteiger partial charge in [-0.15, -0.1) is 0 Å². The van der Waals surface area contributed by atoms with Crippen molar-refractivity contribution in [2.75, 3.05) is 23.4 Å². The Hall–Kier alpha value is -3.80. The molecule has 6 nitrogen and oxygen atoms in total. The number of anilines is 2. The fraction of sp³-hybridized carbons (Fsp3) is 0.286. The molecule has 0 saturated carbocycles. The summed E-state index contributed by atoms with van der Waals surface area (Å²) < 4.78 is 11.6. The van der Waals surface area contributed by atoms with E-state index in [0.29, 0.717) is 23.7 Å². The summed E-state index contributed by atoms with van der Waals surface area (Å²) in [5.74, 6) is 1.01. The third kappa shape index (κ3) is 5.39. The van der Waals surface area contributed by atoms with Gasteiger partial charge in [0.2, 0.25) is 0 Å². The maximum absolute atomic E-state index is 12.9. The minimum absolute atomic E-state index is 0.0811. The molecule has 34 heavy (non-hydrogen) atoms. The van der Waals surface area contributed by atoms with Gasteiger partial charge in [0.15, 0.2) is 12.7 Å². The number of nitrogens with one attached hydrogen (secondary N) is 1. The molecule has 1 atom stereocenters. The molecule has 0 spiro atoms. The van der Waals surface area contributed by atoms with Crippen LogP contribution < -0.4 is 19.7 Å². The third-order valence-electron chi connectivity index (χ3n) is 5.90. The summed E-state index contributed by atoms with van der Waals surface area (Å²) in [4.78, 5) is 27.2. The number of hydrogen-bond acceptors (Lipinski definition) is 4. The van der Waals surface area contributed by atoms with E-state index in [1.165, 1.54) is 5.56 Å². The number of fused-ring (bicyclic) bond motifs is 1. The Kier molecular flexibility index (Phi) is 7.16. The van der Waals surface area contributed by atoms with E-state index in [1.807, 2.05) is 50.2 Å². The molecular weight excluding hydrogens is 428 g/mol. The molecule has 1 heterocycles. The van der Waals surface area contributed by atoms with Gasteiger partial charge in [0, 0.05) is 12.2 Å². The molecule has 3 aromatic carbocycles. The van der Waals surface area contributed by atoms with Gasteiger partial charge < -0.3 is 19.7 Å². The van der Waals surface area contributed by atoms with Crippen molar-refractivity contribution in [2.24, 2.45) is 0 Å². The normalized spacial score (nSPS) is 14.9. The first kappa shape index (κ1) is 23.4. The van der Waals surface area contributed by atoms with Crippen LogP contribution in [-0.4, -0.2) is 31.1 Å². The number of aryl methyl sites for hydroxylation is 3. The third-order valence-corrected chi connectivity index (χ3v) is 5.90. The largest absolute Gasteiger partial charge is 0.483 e. The van der Waals surface area contributed by atoms with E-state index < -0.39 is 6.10 Å². The molecule has 1 aliphatic rings. The van der Waals surface area contributed by atoms with E-state index in [2.05, 4.69) is 17.4 Å². The highest BCUT2D eigenvalue weighted by molar-refractivity contribution is 6.01. The van der Waals surface area contributed by atoms with Crippen LogP contribution in [0.4, 0.5) is 11.4 Å². The highest BCUT2D eigenvalue weighted by Crippen LogP contribution is 2.36. The van der Waals surface area contributed by atoms with Crippen molar-refractivity contribution < 1.29 is 19.1 Å². The van der Waals surface area contributed by atoms with Crippen LogP contribution in [0.2, 0.25) is 0 Å². The summed E-state index contributed by atoms with van der Waals surface area (Å²) in [6.45, 7) is 6.13. The van der Waals surface area contributed by atoms with Gasteiger partial charge in [-0.1, -0.05) is 48.5 Å². The maximum atomic E-state index is 12.9. The van der Waals surface area contributed by atoms with Gasteiger partial charge in [-0.25, -0.2) is 0 Å². The second kappa shape index (κ2) is 10.4. The Bertz CT molecular complexity index is 1160. The van der Waals surface area contributed by atoms with Crippen LogP contribution in [0.25, 0.3) is 0 Å². The highest BCUT2D eigenvalue weighted by Gasteiger charge is 2.31. The van der Waals surface area contributed by atoms with E-state index in [-0.39, 0.29) is 18.4 Å². The molecule has 0 radical (unpaired) electrons. The molecule has 1 unspecified atom stereocenters. The van der Waals surface area contributed by atoms with Crippen molar-refractivity contribution in [3.63, 3.8) is 0 Å². The minimum Gasteiger partial charge on any atom is -0.483 e. The fourth-order valence-electron chi connectivity index (χ4n) is 4.16. The van der Waals surface area contributed by atoms with Crippen LogP contribution in [0.15, 0.2) is 66.7 Å². The van der Waals surface area contributed by atoms with Gasteiger partial charge in [-0.05, 0) is 68.5 Å². The van der Waals surface area contributed by atoms with E-state index in [0.717, 1.165) is 29.7 Å². The van der Waals surface area contributed by atoms with Crippen molar-refractivity contribution in [3.05, 3.63) is 83.4 Å². The number of carbonyl (C=O) groups is 2. The van der Waals surface area contributed by atoms with Crippen LogP contribution in [0.5, 0.6) is 11.5 Å². The molecule has 0 bridgehead atoms. The smallest absolute Gasteiger partial charge is 0.267 e. The molecule has 2 amide bonds. The zero-order valence-electron chi connectivity index (χ0n) is 19.8. The monoisotopic (exact) mass is 458 g/mol.